The number of amides is 1. The molecule has 2 aromatic carbocycles. The van der Waals surface area contributed by atoms with Crippen molar-refractivity contribution in [3.63, 3.8) is 0 Å². The summed E-state index contributed by atoms with van der Waals surface area (Å²) in [6.45, 7) is 2.24. The van der Waals surface area contributed by atoms with Crippen LogP contribution in [-0.4, -0.2) is 39.5 Å². The second-order valence-electron chi connectivity index (χ2n) is 6.44. The average Bonchev–Trinajstić information content (AvgIpc) is 3.08. The number of benzene rings is 2. The van der Waals surface area contributed by atoms with Gasteiger partial charge in [-0.3, -0.25) is 4.90 Å². The van der Waals surface area contributed by atoms with Crippen molar-refractivity contribution in [2.45, 2.75) is 19.6 Å². The molecule has 3 rings (SSSR count). The lowest BCUT2D eigenvalue weighted by molar-refractivity contribution is 0.145. The van der Waals surface area contributed by atoms with Gasteiger partial charge in [0.05, 0.1) is 18.0 Å². The van der Waals surface area contributed by atoms with Crippen molar-refractivity contribution >= 4 is 21.8 Å². The molecule has 1 saturated heterocycles. The van der Waals surface area contributed by atoms with Gasteiger partial charge in [-0.1, -0.05) is 24.3 Å². The van der Waals surface area contributed by atoms with Crippen molar-refractivity contribution in [2.75, 3.05) is 23.7 Å². The molecule has 1 aliphatic heterocycles. The molecule has 0 aromatic heterocycles. The molecule has 1 aliphatic rings. The molecule has 28 heavy (non-hydrogen) atoms. The van der Waals surface area contributed by atoms with Gasteiger partial charge in [-0.25, -0.2) is 22.3 Å². The predicted octanol–water partition coefficient (Wildman–Crippen LogP) is 2.22. The molecule has 1 amide bonds. The van der Waals surface area contributed by atoms with Crippen LogP contribution in [0.15, 0.2) is 42.5 Å². The molecule has 0 aliphatic carbocycles. The monoisotopic (exact) mass is 407 g/mol. The first-order valence-electron chi connectivity index (χ1n) is 8.87. The summed E-state index contributed by atoms with van der Waals surface area (Å²) in [6, 6.07) is 11.5. The Morgan fingerprint density at radius 2 is 1.96 bits per heavy atom. The van der Waals surface area contributed by atoms with E-state index in [2.05, 4.69) is 4.72 Å². The molecule has 1 heterocycles. The quantitative estimate of drug-likeness (QED) is 0.733. The highest BCUT2D eigenvalue weighted by atomic mass is 32.2. The van der Waals surface area contributed by atoms with Gasteiger partial charge in [0.1, 0.15) is 11.9 Å². The van der Waals surface area contributed by atoms with Crippen molar-refractivity contribution in [3.8, 4) is 11.1 Å². The Kier molecular flexibility index (Phi) is 5.97. The number of sulfonamides is 1. The van der Waals surface area contributed by atoms with Gasteiger partial charge in [0.15, 0.2) is 0 Å². The molecule has 7 nitrogen and oxygen atoms in total. The van der Waals surface area contributed by atoms with E-state index in [1.807, 2.05) is 0 Å². The van der Waals surface area contributed by atoms with Crippen molar-refractivity contribution < 1.29 is 22.3 Å². The number of rotatable bonds is 7. The fraction of sp³-hybridized carbons (Fsp3) is 0.316. The lowest BCUT2D eigenvalue weighted by Crippen LogP contribution is -2.27. The summed E-state index contributed by atoms with van der Waals surface area (Å²) in [5.74, 6) is -0.458. The van der Waals surface area contributed by atoms with E-state index < -0.39 is 28.0 Å². The molecular weight excluding hydrogens is 385 g/mol. The zero-order valence-electron chi connectivity index (χ0n) is 15.4. The van der Waals surface area contributed by atoms with Crippen LogP contribution in [0.3, 0.4) is 0 Å². The molecule has 150 valence electrons. The van der Waals surface area contributed by atoms with E-state index in [4.69, 9.17) is 10.5 Å². The van der Waals surface area contributed by atoms with Crippen LogP contribution >= 0.6 is 0 Å². The number of carbonyl (C=O) groups excluding carboxylic acids is 1. The fourth-order valence-electron chi connectivity index (χ4n) is 2.86. The molecule has 0 spiro atoms. The van der Waals surface area contributed by atoms with Crippen LogP contribution in [-0.2, 0) is 21.3 Å². The Labute approximate surface area is 163 Å². The number of nitrogens with one attached hydrogen (secondary N) is 1. The number of hydrogen-bond donors (Lipinski definition) is 2. The van der Waals surface area contributed by atoms with Gasteiger partial charge in [-0.05, 0) is 36.2 Å². The topological polar surface area (TPSA) is 102 Å². The minimum atomic E-state index is -3.27. The highest BCUT2D eigenvalue weighted by Crippen LogP contribution is 2.29. The standard InChI is InChI=1S/C19H22FN3O4S/c1-2-28(25,26)22-11-13-3-5-14(6-4-13)17-8-7-15(9-18(17)20)23-12-16(10-21)27-19(23)24/h3-9,16,22H,2,10-12,21H2,1H3/t16-/m0/s1. The molecule has 0 saturated carbocycles. The number of hydrogen-bond acceptors (Lipinski definition) is 5. The van der Waals surface area contributed by atoms with Crippen molar-refractivity contribution in [3.05, 3.63) is 53.8 Å². The lowest BCUT2D eigenvalue weighted by Gasteiger charge is -2.14. The third kappa shape index (κ3) is 4.49. The van der Waals surface area contributed by atoms with Crippen molar-refractivity contribution in [2.24, 2.45) is 5.73 Å². The largest absolute Gasteiger partial charge is 0.443 e. The van der Waals surface area contributed by atoms with E-state index in [9.17, 15) is 17.6 Å². The number of cyclic esters (lactones) is 1. The Morgan fingerprint density at radius 3 is 2.54 bits per heavy atom. The molecule has 1 fully saturated rings. The highest BCUT2D eigenvalue weighted by molar-refractivity contribution is 7.89. The summed E-state index contributed by atoms with van der Waals surface area (Å²) in [4.78, 5) is 13.2. The summed E-state index contributed by atoms with van der Waals surface area (Å²) in [7, 11) is -3.27. The summed E-state index contributed by atoms with van der Waals surface area (Å²) in [6.07, 6.45) is -0.936. The van der Waals surface area contributed by atoms with E-state index in [0.29, 0.717) is 16.8 Å². The SMILES string of the molecule is CCS(=O)(=O)NCc1ccc(-c2ccc(N3C[C@H](CN)OC3=O)cc2F)cc1. The molecule has 2 aromatic rings. The minimum absolute atomic E-state index is 0.0131. The maximum atomic E-state index is 14.7. The lowest BCUT2D eigenvalue weighted by atomic mass is 10.0. The normalized spacial score (nSPS) is 17.0. The van der Waals surface area contributed by atoms with Gasteiger partial charge in [0, 0.05) is 18.7 Å². The maximum Gasteiger partial charge on any atom is 0.414 e. The van der Waals surface area contributed by atoms with Crippen molar-refractivity contribution in [1.29, 1.82) is 0 Å². The minimum Gasteiger partial charge on any atom is -0.443 e. The highest BCUT2D eigenvalue weighted by Gasteiger charge is 2.31. The molecule has 1 atom stereocenters. The Hall–Kier alpha value is -2.49. The number of anilines is 1. The number of nitrogens with two attached hydrogens (primary N) is 1. The summed E-state index contributed by atoms with van der Waals surface area (Å²) >= 11 is 0. The fourth-order valence-corrected chi connectivity index (χ4v) is 3.45. The molecule has 0 bridgehead atoms. The first kappa shape index (κ1) is 20.2. The van der Waals surface area contributed by atoms with Crippen LogP contribution in [0.25, 0.3) is 11.1 Å². The molecule has 0 radical (unpaired) electrons. The van der Waals surface area contributed by atoms with Crippen LogP contribution in [0.2, 0.25) is 0 Å². The van der Waals surface area contributed by atoms with Crippen LogP contribution in [0.4, 0.5) is 14.9 Å². The molecule has 0 unspecified atom stereocenters. The zero-order valence-corrected chi connectivity index (χ0v) is 16.2. The first-order chi connectivity index (χ1) is 13.3. The molecule has 9 heteroatoms. The number of carbonyl (C=O) groups is 1. The number of ether oxygens (including phenoxy) is 1. The second-order valence-corrected chi connectivity index (χ2v) is 8.53. The van der Waals surface area contributed by atoms with Gasteiger partial charge >= 0.3 is 6.09 Å². The van der Waals surface area contributed by atoms with Crippen molar-refractivity contribution in [1.82, 2.24) is 4.72 Å². The second kappa shape index (κ2) is 8.26. The average molecular weight is 407 g/mol. The predicted molar refractivity (Wildman–Crippen MR) is 105 cm³/mol. The van der Waals surface area contributed by atoms with Gasteiger partial charge < -0.3 is 10.5 Å². The maximum absolute atomic E-state index is 14.7. The Morgan fingerprint density at radius 1 is 1.25 bits per heavy atom. The smallest absolute Gasteiger partial charge is 0.414 e. The molecule has 3 N–H and O–H groups in total. The van der Waals surface area contributed by atoms with Crippen LogP contribution in [0, 0.1) is 5.82 Å². The third-order valence-electron chi connectivity index (χ3n) is 4.54. The third-order valence-corrected chi connectivity index (χ3v) is 5.89. The van der Waals surface area contributed by atoms with Crippen LogP contribution in [0.1, 0.15) is 12.5 Å². The van der Waals surface area contributed by atoms with E-state index in [1.54, 1.807) is 43.3 Å². The first-order valence-corrected chi connectivity index (χ1v) is 10.5. The van der Waals surface area contributed by atoms with E-state index in [0.717, 1.165) is 5.56 Å². The van der Waals surface area contributed by atoms with Gasteiger partial charge in [-0.15, -0.1) is 0 Å². The summed E-state index contributed by atoms with van der Waals surface area (Å²) in [5, 5.41) is 0. The van der Waals surface area contributed by atoms with E-state index >= 15 is 0 Å². The summed E-state index contributed by atoms with van der Waals surface area (Å²) in [5.41, 5.74) is 7.72. The van der Waals surface area contributed by atoms with E-state index in [1.165, 1.54) is 11.0 Å². The van der Waals surface area contributed by atoms with Gasteiger partial charge in [-0.2, -0.15) is 0 Å². The number of halogens is 1. The number of nitrogens with zero attached hydrogens (tertiary/aromatic N) is 1. The van der Waals surface area contributed by atoms with Gasteiger partial charge in [0.25, 0.3) is 0 Å². The Balaban J connectivity index is 1.75. The zero-order chi connectivity index (χ0) is 20.3. The summed E-state index contributed by atoms with van der Waals surface area (Å²) < 4.78 is 45.2. The Bertz CT molecular complexity index is 964. The molecular formula is C19H22FN3O4S. The van der Waals surface area contributed by atoms with Gasteiger partial charge in [0.2, 0.25) is 10.0 Å². The van der Waals surface area contributed by atoms with Crippen LogP contribution < -0.4 is 15.4 Å². The van der Waals surface area contributed by atoms with Crippen LogP contribution in [0.5, 0.6) is 0 Å². The van der Waals surface area contributed by atoms with E-state index in [-0.39, 0.29) is 25.4 Å².